The summed E-state index contributed by atoms with van der Waals surface area (Å²) in [5, 5.41) is 20.1. The third-order valence-electron chi connectivity index (χ3n) is 3.37. The lowest BCUT2D eigenvalue weighted by Crippen LogP contribution is -2.36. The molecule has 1 saturated heterocycles. The maximum atomic E-state index is 11.2. The first-order valence-corrected chi connectivity index (χ1v) is 6.35. The predicted octanol–water partition coefficient (Wildman–Crippen LogP) is 1.77. The molecule has 108 valence electrons. The zero-order chi connectivity index (χ0) is 14.7. The maximum absolute atomic E-state index is 11.2. The molecule has 1 fully saturated rings. The highest BCUT2D eigenvalue weighted by Gasteiger charge is 2.27. The van der Waals surface area contributed by atoms with Gasteiger partial charge < -0.3 is 14.7 Å². The number of rotatable bonds is 4. The lowest BCUT2D eigenvalue weighted by atomic mass is 10.1. The van der Waals surface area contributed by atoms with Crippen LogP contribution >= 0.6 is 0 Å². The highest BCUT2D eigenvalue weighted by Crippen LogP contribution is 2.33. The molecule has 0 bridgehead atoms. The van der Waals surface area contributed by atoms with Crippen molar-refractivity contribution in [1.29, 1.82) is 0 Å². The van der Waals surface area contributed by atoms with E-state index in [9.17, 15) is 14.9 Å². The van der Waals surface area contributed by atoms with E-state index in [1.807, 2.05) is 7.05 Å². The molecule has 7 nitrogen and oxygen atoms in total. The van der Waals surface area contributed by atoms with Crippen LogP contribution < -0.4 is 4.74 Å². The van der Waals surface area contributed by atoms with Gasteiger partial charge in [-0.2, -0.15) is 0 Å². The molecule has 7 heteroatoms. The molecule has 1 aliphatic rings. The summed E-state index contributed by atoms with van der Waals surface area (Å²) in [5.41, 5.74) is -0.470. The summed E-state index contributed by atoms with van der Waals surface area (Å²) in [6.07, 6.45) is 1.26. The van der Waals surface area contributed by atoms with E-state index in [0.717, 1.165) is 25.9 Å². The number of carboxylic acids is 1. The van der Waals surface area contributed by atoms with E-state index >= 15 is 0 Å². The van der Waals surface area contributed by atoms with Crippen LogP contribution in [0, 0.1) is 10.1 Å². The minimum absolute atomic E-state index is 0.139. The molecule has 0 aromatic heterocycles. The summed E-state index contributed by atoms with van der Waals surface area (Å²) in [7, 11) is 1.99. The summed E-state index contributed by atoms with van der Waals surface area (Å²) in [6, 6.07) is 3.93. The Morgan fingerprint density at radius 1 is 1.45 bits per heavy atom. The van der Waals surface area contributed by atoms with Crippen molar-refractivity contribution in [2.24, 2.45) is 0 Å². The fourth-order valence-electron chi connectivity index (χ4n) is 2.23. The van der Waals surface area contributed by atoms with E-state index in [-0.39, 0.29) is 23.1 Å². The average Bonchev–Trinajstić information content (AvgIpc) is 2.41. The van der Waals surface area contributed by atoms with E-state index in [4.69, 9.17) is 9.84 Å². The number of para-hydroxylation sites is 1. The Morgan fingerprint density at radius 2 is 2.10 bits per heavy atom. The van der Waals surface area contributed by atoms with Crippen LogP contribution in [0.1, 0.15) is 23.2 Å². The van der Waals surface area contributed by atoms with Crippen LogP contribution in [0.25, 0.3) is 0 Å². The molecule has 0 unspecified atom stereocenters. The topological polar surface area (TPSA) is 92.9 Å². The van der Waals surface area contributed by atoms with Gasteiger partial charge in [0.1, 0.15) is 11.7 Å². The summed E-state index contributed by atoms with van der Waals surface area (Å²) in [5.74, 6) is -1.36. The Hall–Kier alpha value is -2.15. The summed E-state index contributed by atoms with van der Waals surface area (Å²) >= 11 is 0. The van der Waals surface area contributed by atoms with Gasteiger partial charge in [0.15, 0.2) is 0 Å². The van der Waals surface area contributed by atoms with Crippen LogP contribution in [-0.2, 0) is 0 Å². The number of hydrogen-bond acceptors (Lipinski definition) is 5. The molecule has 0 atom stereocenters. The van der Waals surface area contributed by atoms with Gasteiger partial charge in [-0.05, 0) is 26.0 Å². The molecular weight excluding hydrogens is 264 g/mol. The number of benzene rings is 1. The molecule has 1 aromatic rings. The Labute approximate surface area is 115 Å². The summed E-state index contributed by atoms with van der Waals surface area (Å²) in [6.45, 7) is 1.65. The lowest BCUT2D eigenvalue weighted by molar-refractivity contribution is -0.386. The number of piperidine rings is 1. The van der Waals surface area contributed by atoms with E-state index in [1.165, 1.54) is 18.2 Å². The van der Waals surface area contributed by atoms with Gasteiger partial charge in [0.2, 0.25) is 5.75 Å². The molecule has 2 rings (SSSR count). The van der Waals surface area contributed by atoms with E-state index < -0.39 is 10.9 Å². The minimum atomic E-state index is -1.23. The number of carboxylic acid groups (broad SMARTS) is 1. The number of aromatic carboxylic acids is 1. The number of nitrogens with zero attached hydrogens (tertiary/aromatic N) is 2. The first-order chi connectivity index (χ1) is 9.49. The van der Waals surface area contributed by atoms with Crippen LogP contribution in [0.5, 0.6) is 5.75 Å². The number of carbonyl (C=O) groups is 1. The second-order valence-corrected chi connectivity index (χ2v) is 4.84. The number of nitro groups is 1. The molecule has 1 aliphatic heterocycles. The SMILES string of the molecule is CN1CCC(Oc2c(C(=O)O)cccc2[N+](=O)[O-])CC1. The smallest absolute Gasteiger partial charge is 0.339 e. The maximum Gasteiger partial charge on any atom is 0.339 e. The quantitative estimate of drug-likeness (QED) is 0.667. The van der Waals surface area contributed by atoms with Crippen molar-refractivity contribution in [3.8, 4) is 5.75 Å². The fraction of sp³-hybridized carbons (Fsp3) is 0.462. The van der Waals surface area contributed by atoms with Crippen molar-refractivity contribution in [3.05, 3.63) is 33.9 Å². The first kappa shape index (κ1) is 14.3. The molecule has 0 amide bonds. The van der Waals surface area contributed by atoms with Gasteiger partial charge in [-0.1, -0.05) is 6.07 Å². The highest BCUT2D eigenvalue weighted by molar-refractivity contribution is 5.92. The molecular formula is C13H16N2O5. The number of hydrogen-bond donors (Lipinski definition) is 1. The van der Waals surface area contributed by atoms with Gasteiger partial charge in [0.05, 0.1) is 4.92 Å². The number of nitro benzene ring substituents is 1. The fourth-order valence-corrected chi connectivity index (χ4v) is 2.23. The molecule has 0 radical (unpaired) electrons. The second kappa shape index (κ2) is 5.87. The first-order valence-electron chi connectivity index (χ1n) is 6.35. The molecule has 20 heavy (non-hydrogen) atoms. The predicted molar refractivity (Wildman–Crippen MR) is 71.2 cm³/mol. The zero-order valence-electron chi connectivity index (χ0n) is 11.1. The minimum Gasteiger partial charge on any atom is -0.483 e. The monoisotopic (exact) mass is 280 g/mol. The second-order valence-electron chi connectivity index (χ2n) is 4.84. The van der Waals surface area contributed by atoms with Crippen LogP contribution in [0.15, 0.2) is 18.2 Å². The lowest BCUT2D eigenvalue weighted by Gasteiger charge is -2.29. The molecule has 1 aromatic carbocycles. The van der Waals surface area contributed by atoms with Gasteiger partial charge in [0.25, 0.3) is 0 Å². The van der Waals surface area contributed by atoms with Crippen LogP contribution in [0.4, 0.5) is 5.69 Å². The molecule has 0 saturated carbocycles. The van der Waals surface area contributed by atoms with Crippen molar-refractivity contribution in [3.63, 3.8) is 0 Å². The van der Waals surface area contributed by atoms with Gasteiger partial charge >= 0.3 is 11.7 Å². The standard InChI is InChI=1S/C13H16N2O5/c1-14-7-5-9(6-8-14)20-12-10(13(16)17)3-2-4-11(12)15(18)19/h2-4,9H,5-8H2,1H3,(H,16,17). The van der Waals surface area contributed by atoms with Gasteiger partial charge in [0, 0.05) is 19.2 Å². The van der Waals surface area contributed by atoms with Crippen LogP contribution in [0.2, 0.25) is 0 Å². The highest BCUT2D eigenvalue weighted by atomic mass is 16.6. The Morgan fingerprint density at radius 3 is 2.65 bits per heavy atom. The molecule has 1 heterocycles. The Kier molecular flexibility index (Phi) is 4.19. The van der Waals surface area contributed by atoms with E-state index in [2.05, 4.69) is 4.90 Å². The summed E-state index contributed by atoms with van der Waals surface area (Å²) < 4.78 is 5.64. The Bertz CT molecular complexity index is 491. The number of ether oxygens (including phenoxy) is 1. The number of likely N-dealkylation sites (tertiary alicyclic amines) is 1. The molecule has 0 spiro atoms. The van der Waals surface area contributed by atoms with E-state index in [0.29, 0.717) is 0 Å². The van der Waals surface area contributed by atoms with Gasteiger partial charge in [-0.3, -0.25) is 10.1 Å². The summed E-state index contributed by atoms with van der Waals surface area (Å²) in [4.78, 5) is 23.7. The third kappa shape index (κ3) is 3.05. The van der Waals surface area contributed by atoms with Crippen molar-refractivity contribution in [1.82, 2.24) is 4.90 Å². The van der Waals surface area contributed by atoms with Crippen LogP contribution in [-0.4, -0.2) is 47.1 Å². The average molecular weight is 280 g/mol. The van der Waals surface area contributed by atoms with E-state index in [1.54, 1.807) is 0 Å². The van der Waals surface area contributed by atoms with Gasteiger partial charge in [-0.15, -0.1) is 0 Å². The van der Waals surface area contributed by atoms with Crippen molar-refractivity contribution in [2.45, 2.75) is 18.9 Å². The van der Waals surface area contributed by atoms with Gasteiger partial charge in [-0.25, -0.2) is 4.79 Å². The van der Waals surface area contributed by atoms with Crippen molar-refractivity contribution in [2.75, 3.05) is 20.1 Å². The molecule has 0 aliphatic carbocycles. The van der Waals surface area contributed by atoms with Crippen molar-refractivity contribution >= 4 is 11.7 Å². The van der Waals surface area contributed by atoms with Crippen molar-refractivity contribution < 1.29 is 19.6 Å². The Balaban J connectivity index is 2.28. The molecule has 1 N–H and O–H groups in total. The normalized spacial score (nSPS) is 16.9. The van der Waals surface area contributed by atoms with Crippen LogP contribution in [0.3, 0.4) is 0 Å². The third-order valence-corrected chi connectivity index (χ3v) is 3.37. The zero-order valence-corrected chi connectivity index (χ0v) is 11.1. The largest absolute Gasteiger partial charge is 0.483 e.